The van der Waals surface area contributed by atoms with Gasteiger partial charge in [0.05, 0.1) is 11.0 Å². The van der Waals surface area contributed by atoms with Crippen molar-refractivity contribution in [2.45, 2.75) is 12.8 Å². The maximum Gasteiger partial charge on any atom is 0.0550 e. The Bertz CT molecular complexity index is 1880. The van der Waals surface area contributed by atoms with E-state index in [1.807, 2.05) is 0 Å². The first kappa shape index (κ1) is 19.0. The van der Waals surface area contributed by atoms with Crippen LogP contribution in [-0.4, -0.2) is 4.57 Å². The molecule has 1 nitrogen and oxygen atoms in total. The molecule has 0 fully saturated rings. The molecule has 1 aromatic heterocycles. The molecule has 0 radical (unpaired) electrons. The fraction of sp³-hybridized carbons (Fsp3) is 0.0588. The molecule has 0 saturated carbocycles. The van der Waals surface area contributed by atoms with Crippen LogP contribution in [0.3, 0.4) is 0 Å². The number of hydrogen-bond acceptors (Lipinski definition) is 0. The third kappa shape index (κ3) is 2.58. The van der Waals surface area contributed by atoms with E-state index in [-0.39, 0.29) is 0 Å². The monoisotopic (exact) mass is 445 g/mol. The van der Waals surface area contributed by atoms with Gasteiger partial charge < -0.3 is 4.57 Å². The molecule has 2 aliphatic carbocycles. The number of allylic oxidation sites excluding steroid dienone is 4. The Morgan fingerprint density at radius 2 is 1.34 bits per heavy atom. The number of nitrogens with zero attached hydrogens (tertiary/aromatic N) is 1. The third-order valence-electron chi connectivity index (χ3n) is 7.77. The van der Waals surface area contributed by atoms with Gasteiger partial charge in [-0.1, -0.05) is 91.0 Å². The lowest BCUT2D eigenvalue weighted by molar-refractivity contribution is 0.979. The summed E-state index contributed by atoms with van der Waals surface area (Å²) in [4.78, 5) is 0. The van der Waals surface area contributed by atoms with Gasteiger partial charge in [-0.3, -0.25) is 0 Å². The van der Waals surface area contributed by atoms with Gasteiger partial charge in [-0.05, 0) is 81.3 Å². The van der Waals surface area contributed by atoms with Gasteiger partial charge in [-0.2, -0.15) is 0 Å². The van der Waals surface area contributed by atoms with E-state index >= 15 is 0 Å². The van der Waals surface area contributed by atoms with Crippen LogP contribution in [0.25, 0.3) is 71.7 Å². The van der Waals surface area contributed by atoms with E-state index in [1.54, 1.807) is 0 Å². The molecule has 0 bridgehead atoms. The van der Waals surface area contributed by atoms with Crippen molar-refractivity contribution in [2.75, 3.05) is 0 Å². The fourth-order valence-electron chi connectivity index (χ4n) is 6.28. The predicted molar refractivity (Wildman–Crippen MR) is 149 cm³/mol. The quantitative estimate of drug-likeness (QED) is 0.250. The van der Waals surface area contributed by atoms with Crippen molar-refractivity contribution in [1.29, 1.82) is 0 Å². The summed E-state index contributed by atoms with van der Waals surface area (Å²) < 4.78 is 2.54. The molecule has 164 valence electrons. The van der Waals surface area contributed by atoms with E-state index in [1.165, 1.54) is 71.7 Å². The molecule has 0 saturated heterocycles. The average molecular weight is 446 g/mol. The van der Waals surface area contributed by atoms with Crippen molar-refractivity contribution in [1.82, 2.24) is 4.57 Å². The SMILES string of the molecule is C1=CCCC(n2c3cc(-c4ccccc4)cc4c3c3c5c(cccc5ccc32)-c2ccccc2-4)=C1. The van der Waals surface area contributed by atoms with E-state index in [2.05, 4.69) is 120 Å². The first-order chi connectivity index (χ1) is 17.4. The molecule has 2 aliphatic rings. The zero-order valence-corrected chi connectivity index (χ0v) is 19.3. The Morgan fingerprint density at radius 3 is 2.17 bits per heavy atom. The molecule has 6 aromatic rings. The Kier molecular flexibility index (Phi) is 3.84. The minimum absolute atomic E-state index is 1.05. The van der Waals surface area contributed by atoms with Crippen LogP contribution in [0.1, 0.15) is 12.8 Å². The second kappa shape index (κ2) is 7.07. The molecule has 5 aromatic carbocycles. The highest BCUT2D eigenvalue weighted by atomic mass is 15.0. The first-order valence-corrected chi connectivity index (χ1v) is 12.4. The van der Waals surface area contributed by atoms with Crippen LogP contribution in [0, 0.1) is 0 Å². The van der Waals surface area contributed by atoms with Gasteiger partial charge in [0, 0.05) is 16.5 Å². The van der Waals surface area contributed by atoms with Gasteiger partial charge in [0.15, 0.2) is 0 Å². The number of aromatic nitrogens is 1. The van der Waals surface area contributed by atoms with Crippen molar-refractivity contribution in [2.24, 2.45) is 0 Å². The van der Waals surface area contributed by atoms with Gasteiger partial charge in [0.25, 0.3) is 0 Å². The summed E-state index contributed by atoms with van der Waals surface area (Å²) in [6.45, 7) is 0. The maximum absolute atomic E-state index is 2.54. The lowest BCUT2D eigenvalue weighted by Crippen LogP contribution is -1.99. The summed E-state index contributed by atoms with van der Waals surface area (Å²) in [5.74, 6) is 0. The molecule has 0 aliphatic heterocycles. The van der Waals surface area contributed by atoms with Crippen LogP contribution in [0.2, 0.25) is 0 Å². The summed E-state index contributed by atoms with van der Waals surface area (Å²) in [6, 6.07) is 36.0. The highest BCUT2D eigenvalue weighted by molar-refractivity contribution is 6.31. The number of benzene rings is 5. The molecule has 1 heteroatoms. The Balaban J connectivity index is 1.66. The van der Waals surface area contributed by atoms with Crippen LogP contribution in [0.5, 0.6) is 0 Å². The summed E-state index contributed by atoms with van der Waals surface area (Å²) >= 11 is 0. The maximum atomic E-state index is 2.54. The number of fused-ring (bicyclic) bond motifs is 3. The third-order valence-corrected chi connectivity index (χ3v) is 7.77. The molecule has 1 heterocycles. The van der Waals surface area contributed by atoms with Gasteiger partial charge in [-0.25, -0.2) is 0 Å². The zero-order valence-electron chi connectivity index (χ0n) is 19.3. The fourth-order valence-corrected chi connectivity index (χ4v) is 6.28. The normalized spacial score (nSPS) is 14.1. The van der Waals surface area contributed by atoms with Crippen molar-refractivity contribution >= 4 is 38.3 Å². The molecule has 0 spiro atoms. The van der Waals surface area contributed by atoms with Crippen LogP contribution < -0.4 is 0 Å². The van der Waals surface area contributed by atoms with Crippen LogP contribution in [0.15, 0.2) is 115 Å². The lowest BCUT2D eigenvalue weighted by atomic mass is 9.92. The molecular formula is C34H23N. The van der Waals surface area contributed by atoms with Gasteiger partial charge >= 0.3 is 0 Å². The minimum Gasteiger partial charge on any atom is -0.313 e. The van der Waals surface area contributed by atoms with Gasteiger partial charge in [0.1, 0.15) is 0 Å². The lowest BCUT2D eigenvalue weighted by Gasteiger charge is -2.17. The molecule has 0 N–H and O–H groups in total. The van der Waals surface area contributed by atoms with Crippen molar-refractivity contribution in [3.8, 4) is 33.4 Å². The second-order valence-electron chi connectivity index (χ2n) is 9.65. The molecule has 0 unspecified atom stereocenters. The van der Waals surface area contributed by atoms with Crippen LogP contribution in [0.4, 0.5) is 0 Å². The highest BCUT2D eigenvalue weighted by Crippen LogP contribution is 2.50. The standard InChI is InChI=1S/C34H23N/c1-3-10-22(11-4-1)24-20-29-27-16-8-7-15-26(27)28-17-9-12-23-18-19-30-34(32(23)28)33(29)31(21-24)35(30)25-13-5-2-6-14-25/h1-5,7-13,15-21H,6,14H2. The Morgan fingerprint density at radius 1 is 0.543 bits per heavy atom. The zero-order chi connectivity index (χ0) is 22.9. The first-order valence-electron chi connectivity index (χ1n) is 12.4. The number of hydrogen-bond donors (Lipinski definition) is 0. The summed E-state index contributed by atoms with van der Waals surface area (Å²) in [6.07, 6.45) is 8.92. The van der Waals surface area contributed by atoms with Crippen LogP contribution in [-0.2, 0) is 0 Å². The number of rotatable bonds is 2. The molecular weight excluding hydrogens is 422 g/mol. The van der Waals surface area contributed by atoms with E-state index in [9.17, 15) is 0 Å². The van der Waals surface area contributed by atoms with Crippen molar-refractivity contribution < 1.29 is 0 Å². The molecule has 35 heavy (non-hydrogen) atoms. The Labute approximate surface area is 204 Å². The van der Waals surface area contributed by atoms with E-state index < -0.39 is 0 Å². The molecule has 0 amide bonds. The van der Waals surface area contributed by atoms with Crippen molar-refractivity contribution in [3.05, 3.63) is 115 Å². The predicted octanol–water partition coefficient (Wildman–Crippen LogP) is 9.45. The second-order valence-corrected chi connectivity index (χ2v) is 9.65. The minimum atomic E-state index is 1.05. The summed E-state index contributed by atoms with van der Waals surface area (Å²) in [5, 5.41) is 5.44. The van der Waals surface area contributed by atoms with Crippen molar-refractivity contribution in [3.63, 3.8) is 0 Å². The summed E-state index contributed by atoms with van der Waals surface area (Å²) in [5.41, 5.74) is 11.8. The topological polar surface area (TPSA) is 4.93 Å². The largest absolute Gasteiger partial charge is 0.313 e. The van der Waals surface area contributed by atoms with E-state index in [4.69, 9.17) is 0 Å². The molecule has 8 rings (SSSR count). The van der Waals surface area contributed by atoms with Crippen LogP contribution >= 0.6 is 0 Å². The smallest absolute Gasteiger partial charge is 0.0550 e. The Hall–Kier alpha value is -4.36. The average Bonchev–Trinajstić information content (AvgIpc) is 3.21. The van der Waals surface area contributed by atoms with E-state index in [0.29, 0.717) is 0 Å². The highest BCUT2D eigenvalue weighted by Gasteiger charge is 2.25. The summed E-state index contributed by atoms with van der Waals surface area (Å²) in [7, 11) is 0. The van der Waals surface area contributed by atoms with E-state index in [0.717, 1.165) is 12.8 Å². The molecule has 0 atom stereocenters. The van der Waals surface area contributed by atoms with Gasteiger partial charge in [0.2, 0.25) is 0 Å². The van der Waals surface area contributed by atoms with Gasteiger partial charge in [-0.15, -0.1) is 0 Å².